The molecule has 0 saturated carbocycles. The number of carbonyl (C=O) groups is 1. The van der Waals surface area contributed by atoms with E-state index in [0.717, 1.165) is 5.39 Å². The van der Waals surface area contributed by atoms with Gasteiger partial charge in [-0.15, -0.1) is 0 Å². The third-order valence-corrected chi connectivity index (χ3v) is 2.54. The number of hydrogen-bond donors (Lipinski definition) is 2. The van der Waals surface area contributed by atoms with Gasteiger partial charge in [0.1, 0.15) is 16.8 Å². The summed E-state index contributed by atoms with van der Waals surface area (Å²) < 4.78 is 5.57. The van der Waals surface area contributed by atoms with Gasteiger partial charge in [-0.3, -0.25) is 5.10 Å². The Hall–Kier alpha value is -2.56. The maximum Gasteiger partial charge on any atom is 0.339 e. The minimum Gasteiger partial charge on any atom is -0.478 e. The first-order valence-corrected chi connectivity index (χ1v) is 5.01. The summed E-state index contributed by atoms with van der Waals surface area (Å²) in [5, 5.41) is 16.3. The highest BCUT2D eigenvalue weighted by Gasteiger charge is 2.17. The second-order valence-corrected chi connectivity index (χ2v) is 3.61. The van der Waals surface area contributed by atoms with Crippen LogP contribution >= 0.6 is 0 Å². The lowest BCUT2D eigenvalue weighted by molar-refractivity contribution is 0.0697. The number of carboxylic acid groups (broad SMARTS) is 1. The number of rotatable bonds is 2. The smallest absolute Gasteiger partial charge is 0.339 e. The fraction of sp³-hybridized carbons (Fsp3) is 0. The van der Waals surface area contributed by atoms with E-state index in [1.807, 2.05) is 24.3 Å². The standard InChI is InChI=1S/C12H8N2O3/c15-12(16)8-6-13-14-11(8)10-5-7-3-1-2-4-9(7)17-10/h1-6H,(H,13,14)(H,15,16). The van der Waals surface area contributed by atoms with E-state index in [1.54, 1.807) is 6.07 Å². The summed E-state index contributed by atoms with van der Waals surface area (Å²) in [5.41, 5.74) is 1.20. The van der Waals surface area contributed by atoms with Crippen LogP contribution in [0.5, 0.6) is 0 Å². The largest absolute Gasteiger partial charge is 0.478 e. The number of hydrogen-bond acceptors (Lipinski definition) is 3. The highest BCUT2D eigenvalue weighted by Crippen LogP contribution is 2.28. The fourth-order valence-electron chi connectivity index (χ4n) is 1.74. The molecule has 17 heavy (non-hydrogen) atoms. The minimum absolute atomic E-state index is 0.101. The summed E-state index contributed by atoms with van der Waals surface area (Å²) >= 11 is 0. The Morgan fingerprint density at radius 1 is 1.35 bits per heavy atom. The molecule has 0 fully saturated rings. The molecule has 0 aliphatic carbocycles. The van der Waals surface area contributed by atoms with Crippen molar-refractivity contribution in [1.82, 2.24) is 10.2 Å². The first kappa shape index (κ1) is 9.65. The summed E-state index contributed by atoms with van der Waals surface area (Å²) in [5.74, 6) is -0.560. The number of aromatic carboxylic acids is 1. The number of fused-ring (bicyclic) bond motifs is 1. The monoisotopic (exact) mass is 228 g/mol. The topological polar surface area (TPSA) is 79.1 Å². The molecule has 2 heterocycles. The van der Waals surface area contributed by atoms with Crippen molar-refractivity contribution in [3.63, 3.8) is 0 Å². The Bertz CT molecular complexity index is 663. The van der Waals surface area contributed by atoms with Crippen LogP contribution in [-0.2, 0) is 0 Å². The first-order valence-electron chi connectivity index (χ1n) is 5.01. The molecule has 5 nitrogen and oxygen atoms in total. The number of carboxylic acids is 1. The van der Waals surface area contributed by atoms with E-state index in [-0.39, 0.29) is 5.56 Å². The minimum atomic E-state index is -1.03. The van der Waals surface area contributed by atoms with E-state index in [4.69, 9.17) is 9.52 Å². The molecule has 5 heteroatoms. The molecule has 0 aliphatic heterocycles. The maximum absolute atomic E-state index is 11.0. The number of benzene rings is 1. The molecule has 0 spiro atoms. The van der Waals surface area contributed by atoms with Gasteiger partial charge < -0.3 is 9.52 Å². The lowest BCUT2D eigenvalue weighted by Gasteiger charge is -1.93. The number of nitrogens with zero attached hydrogens (tertiary/aromatic N) is 1. The van der Waals surface area contributed by atoms with Gasteiger partial charge in [-0.05, 0) is 12.1 Å². The lowest BCUT2D eigenvalue weighted by Crippen LogP contribution is -1.95. The van der Waals surface area contributed by atoms with E-state index < -0.39 is 5.97 Å². The normalized spacial score (nSPS) is 10.8. The van der Waals surface area contributed by atoms with Gasteiger partial charge in [0.05, 0.1) is 6.20 Å². The van der Waals surface area contributed by atoms with Crippen molar-refractivity contribution in [3.05, 3.63) is 42.1 Å². The summed E-state index contributed by atoms with van der Waals surface area (Å²) in [6.45, 7) is 0. The second-order valence-electron chi connectivity index (χ2n) is 3.61. The number of aromatic nitrogens is 2. The highest BCUT2D eigenvalue weighted by atomic mass is 16.4. The summed E-state index contributed by atoms with van der Waals surface area (Å²) in [6, 6.07) is 9.28. The van der Waals surface area contributed by atoms with Gasteiger partial charge in [0.25, 0.3) is 0 Å². The molecule has 0 aliphatic rings. The van der Waals surface area contributed by atoms with Crippen LogP contribution < -0.4 is 0 Å². The van der Waals surface area contributed by atoms with Gasteiger partial charge >= 0.3 is 5.97 Å². The predicted octanol–water partition coefficient (Wildman–Crippen LogP) is 2.52. The summed E-state index contributed by atoms with van der Waals surface area (Å²) in [4.78, 5) is 11.0. The second kappa shape index (κ2) is 3.48. The first-order chi connectivity index (χ1) is 8.25. The van der Waals surface area contributed by atoms with E-state index in [1.165, 1.54) is 6.20 Å². The molecular weight excluding hydrogens is 220 g/mol. The van der Waals surface area contributed by atoms with E-state index in [2.05, 4.69) is 10.2 Å². The zero-order valence-electron chi connectivity index (χ0n) is 8.68. The van der Waals surface area contributed by atoms with Crippen LogP contribution in [0.25, 0.3) is 22.4 Å². The van der Waals surface area contributed by atoms with E-state index in [0.29, 0.717) is 17.0 Å². The molecule has 0 atom stereocenters. The number of H-pyrrole nitrogens is 1. The van der Waals surface area contributed by atoms with Crippen LogP contribution in [0, 0.1) is 0 Å². The Balaban J connectivity index is 2.20. The van der Waals surface area contributed by atoms with Crippen LogP contribution in [0.2, 0.25) is 0 Å². The molecule has 0 unspecified atom stereocenters. The zero-order chi connectivity index (χ0) is 11.8. The van der Waals surface area contributed by atoms with Gasteiger partial charge in [-0.1, -0.05) is 18.2 Å². The molecule has 1 aromatic carbocycles. The Morgan fingerprint density at radius 2 is 2.18 bits per heavy atom. The number of aromatic amines is 1. The van der Waals surface area contributed by atoms with Gasteiger partial charge in [-0.2, -0.15) is 5.10 Å². The summed E-state index contributed by atoms with van der Waals surface area (Å²) in [7, 11) is 0. The van der Waals surface area contributed by atoms with Gasteiger partial charge in [0.2, 0.25) is 0 Å². The average molecular weight is 228 g/mol. The third kappa shape index (κ3) is 1.48. The molecule has 3 aromatic rings. The Morgan fingerprint density at radius 3 is 2.94 bits per heavy atom. The van der Waals surface area contributed by atoms with E-state index >= 15 is 0 Å². The van der Waals surface area contributed by atoms with Crippen molar-refractivity contribution in [2.45, 2.75) is 0 Å². The molecule has 0 saturated heterocycles. The average Bonchev–Trinajstić information content (AvgIpc) is 2.95. The molecule has 3 rings (SSSR count). The molecule has 2 aromatic heterocycles. The summed E-state index contributed by atoms with van der Waals surface area (Å²) in [6.07, 6.45) is 1.27. The van der Waals surface area contributed by atoms with Crippen LogP contribution in [0.4, 0.5) is 0 Å². The fourth-order valence-corrected chi connectivity index (χ4v) is 1.74. The number of para-hydroxylation sites is 1. The predicted molar refractivity (Wildman–Crippen MR) is 60.8 cm³/mol. The van der Waals surface area contributed by atoms with Crippen molar-refractivity contribution in [2.75, 3.05) is 0 Å². The molecule has 84 valence electrons. The highest BCUT2D eigenvalue weighted by molar-refractivity contribution is 5.95. The van der Waals surface area contributed by atoms with Gasteiger partial charge in [0, 0.05) is 5.39 Å². The van der Waals surface area contributed by atoms with Crippen molar-refractivity contribution in [3.8, 4) is 11.5 Å². The zero-order valence-corrected chi connectivity index (χ0v) is 8.68. The molecular formula is C12H8N2O3. The molecule has 2 N–H and O–H groups in total. The Labute approximate surface area is 95.7 Å². The third-order valence-electron chi connectivity index (χ3n) is 2.54. The number of furan rings is 1. The Kier molecular flexibility index (Phi) is 1.98. The quantitative estimate of drug-likeness (QED) is 0.706. The molecule has 0 radical (unpaired) electrons. The van der Waals surface area contributed by atoms with Crippen LogP contribution in [-0.4, -0.2) is 21.3 Å². The maximum atomic E-state index is 11.0. The van der Waals surface area contributed by atoms with Crippen molar-refractivity contribution in [2.24, 2.45) is 0 Å². The van der Waals surface area contributed by atoms with Crippen molar-refractivity contribution < 1.29 is 14.3 Å². The van der Waals surface area contributed by atoms with Crippen molar-refractivity contribution in [1.29, 1.82) is 0 Å². The van der Waals surface area contributed by atoms with Crippen molar-refractivity contribution >= 4 is 16.9 Å². The van der Waals surface area contributed by atoms with Gasteiger partial charge in [0.15, 0.2) is 5.76 Å². The van der Waals surface area contributed by atoms with Crippen LogP contribution in [0.15, 0.2) is 40.9 Å². The van der Waals surface area contributed by atoms with Crippen LogP contribution in [0.3, 0.4) is 0 Å². The SMILES string of the molecule is O=C(O)c1cn[nH]c1-c1cc2ccccc2o1. The van der Waals surface area contributed by atoms with Gasteiger partial charge in [-0.25, -0.2) is 4.79 Å². The number of nitrogens with one attached hydrogen (secondary N) is 1. The molecule has 0 bridgehead atoms. The lowest BCUT2D eigenvalue weighted by atomic mass is 10.2. The molecule has 0 amide bonds. The van der Waals surface area contributed by atoms with Crippen LogP contribution in [0.1, 0.15) is 10.4 Å². The van der Waals surface area contributed by atoms with E-state index in [9.17, 15) is 4.79 Å².